The number of carbonyl (C=O) groups is 1. The molecule has 2 saturated heterocycles. The van der Waals surface area contributed by atoms with Gasteiger partial charge in [0.15, 0.2) is 0 Å². The Kier molecular flexibility index (Phi) is 6.18. The van der Waals surface area contributed by atoms with Gasteiger partial charge in [0.05, 0.1) is 19.8 Å². The number of urea groups is 1. The molecule has 1 N–H and O–H groups in total. The van der Waals surface area contributed by atoms with E-state index in [4.69, 9.17) is 9.26 Å². The summed E-state index contributed by atoms with van der Waals surface area (Å²) in [4.78, 5) is 21.5. The Hall–Kier alpha value is -2.45. The van der Waals surface area contributed by atoms with Crippen molar-refractivity contribution >= 4 is 6.03 Å². The zero-order valence-electron chi connectivity index (χ0n) is 16.0. The Morgan fingerprint density at radius 3 is 2.79 bits per heavy atom. The van der Waals surface area contributed by atoms with Gasteiger partial charge in [0.2, 0.25) is 11.7 Å². The molecule has 2 aromatic rings. The molecule has 28 heavy (non-hydrogen) atoms. The second kappa shape index (κ2) is 9.16. The Bertz CT molecular complexity index is 760. The zero-order chi connectivity index (χ0) is 19.2. The molecule has 0 aliphatic carbocycles. The molecule has 2 aliphatic rings. The number of nitrogens with zero attached hydrogens (tertiary/aromatic N) is 4. The number of hydrogen-bond acceptors (Lipinski definition) is 6. The smallest absolute Gasteiger partial charge is 0.318 e. The number of rotatable bonds is 5. The van der Waals surface area contributed by atoms with Crippen molar-refractivity contribution in [1.82, 2.24) is 25.3 Å². The van der Waals surface area contributed by atoms with Crippen LogP contribution >= 0.6 is 0 Å². The lowest BCUT2D eigenvalue weighted by atomic mass is 10.0. The summed E-state index contributed by atoms with van der Waals surface area (Å²) in [5.41, 5.74) is 0.894. The van der Waals surface area contributed by atoms with Gasteiger partial charge in [-0.25, -0.2) is 4.79 Å². The lowest BCUT2D eigenvalue weighted by Gasteiger charge is -2.39. The second-order valence-corrected chi connectivity index (χ2v) is 7.29. The summed E-state index contributed by atoms with van der Waals surface area (Å²) in [6, 6.07) is 9.84. The van der Waals surface area contributed by atoms with Crippen LogP contribution in [0.1, 0.15) is 25.2 Å². The van der Waals surface area contributed by atoms with Gasteiger partial charge in [-0.1, -0.05) is 35.5 Å². The molecular formula is C20H27N5O3. The predicted octanol–water partition coefficient (Wildman–Crippen LogP) is 2.13. The lowest BCUT2D eigenvalue weighted by molar-refractivity contribution is 0.0221. The number of benzene rings is 1. The number of aromatic nitrogens is 2. The molecule has 0 unspecified atom stereocenters. The maximum Gasteiger partial charge on any atom is 0.318 e. The first-order valence-corrected chi connectivity index (χ1v) is 10.0. The summed E-state index contributed by atoms with van der Waals surface area (Å²) in [7, 11) is 0. The minimum absolute atomic E-state index is 0.0579. The number of amides is 2. The maximum absolute atomic E-state index is 12.8. The summed E-state index contributed by atoms with van der Waals surface area (Å²) in [5.74, 6) is 0.946. The van der Waals surface area contributed by atoms with E-state index in [0.717, 1.165) is 57.8 Å². The minimum Gasteiger partial charge on any atom is -0.379 e. The van der Waals surface area contributed by atoms with Crippen molar-refractivity contribution < 1.29 is 14.1 Å². The highest BCUT2D eigenvalue weighted by Gasteiger charge is 2.29. The van der Waals surface area contributed by atoms with E-state index in [0.29, 0.717) is 11.7 Å². The fourth-order valence-corrected chi connectivity index (χ4v) is 3.82. The molecule has 0 bridgehead atoms. The van der Waals surface area contributed by atoms with Gasteiger partial charge < -0.3 is 19.5 Å². The van der Waals surface area contributed by atoms with Crippen LogP contribution in [0.5, 0.6) is 0 Å². The van der Waals surface area contributed by atoms with E-state index in [1.54, 1.807) is 0 Å². The Morgan fingerprint density at radius 2 is 1.96 bits per heavy atom. The highest BCUT2D eigenvalue weighted by atomic mass is 16.5. The third-order valence-electron chi connectivity index (χ3n) is 5.35. The highest BCUT2D eigenvalue weighted by Crippen LogP contribution is 2.19. The number of morpholine rings is 1. The van der Waals surface area contributed by atoms with Gasteiger partial charge in [-0.3, -0.25) is 4.90 Å². The molecule has 8 heteroatoms. The fourth-order valence-electron chi connectivity index (χ4n) is 3.82. The van der Waals surface area contributed by atoms with Gasteiger partial charge in [0.1, 0.15) is 0 Å². The molecule has 150 valence electrons. The third-order valence-corrected chi connectivity index (χ3v) is 5.35. The third kappa shape index (κ3) is 4.69. The molecular weight excluding hydrogens is 358 g/mol. The monoisotopic (exact) mass is 385 g/mol. The van der Waals surface area contributed by atoms with Crippen LogP contribution in [0.15, 0.2) is 34.9 Å². The summed E-state index contributed by atoms with van der Waals surface area (Å²) in [6.45, 7) is 5.38. The van der Waals surface area contributed by atoms with E-state index in [1.165, 1.54) is 6.42 Å². The van der Waals surface area contributed by atoms with Crippen molar-refractivity contribution in [2.24, 2.45) is 0 Å². The van der Waals surface area contributed by atoms with Crippen molar-refractivity contribution in [2.75, 3.05) is 39.4 Å². The van der Waals surface area contributed by atoms with Gasteiger partial charge in [-0.15, -0.1) is 0 Å². The Morgan fingerprint density at radius 1 is 1.14 bits per heavy atom. The minimum atomic E-state index is -0.0579. The van der Waals surface area contributed by atoms with E-state index in [-0.39, 0.29) is 18.6 Å². The normalized spacial score (nSPS) is 20.9. The van der Waals surface area contributed by atoms with Gasteiger partial charge in [-0.2, -0.15) is 4.98 Å². The first kappa shape index (κ1) is 18.9. The molecule has 1 aromatic heterocycles. The summed E-state index contributed by atoms with van der Waals surface area (Å²) < 4.78 is 10.7. The number of piperidine rings is 1. The van der Waals surface area contributed by atoms with Crippen LogP contribution < -0.4 is 5.32 Å². The molecule has 4 rings (SSSR count). The highest BCUT2D eigenvalue weighted by molar-refractivity contribution is 5.74. The van der Waals surface area contributed by atoms with E-state index in [2.05, 4.69) is 20.4 Å². The number of likely N-dealkylation sites (tertiary alicyclic amines) is 1. The molecule has 3 heterocycles. The van der Waals surface area contributed by atoms with Gasteiger partial charge in [0.25, 0.3) is 0 Å². The van der Waals surface area contributed by atoms with Crippen LogP contribution in [0.4, 0.5) is 4.79 Å². The van der Waals surface area contributed by atoms with Crippen LogP contribution in [0, 0.1) is 0 Å². The number of carbonyl (C=O) groups excluding carboxylic acids is 1. The average molecular weight is 385 g/mol. The lowest BCUT2D eigenvalue weighted by Crippen LogP contribution is -2.53. The summed E-state index contributed by atoms with van der Waals surface area (Å²) in [6.07, 6.45) is 3.26. The second-order valence-electron chi connectivity index (χ2n) is 7.29. The molecule has 2 amide bonds. The summed E-state index contributed by atoms with van der Waals surface area (Å²) in [5, 5.41) is 6.95. The van der Waals surface area contributed by atoms with Crippen molar-refractivity contribution in [3.05, 3.63) is 36.2 Å². The van der Waals surface area contributed by atoms with Gasteiger partial charge in [0, 0.05) is 37.8 Å². The fraction of sp³-hybridized carbons (Fsp3) is 0.550. The first-order valence-electron chi connectivity index (χ1n) is 10.0. The van der Waals surface area contributed by atoms with E-state index >= 15 is 0 Å². The summed E-state index contributed by atoms with van der Waals surface area (Å²) >= 11 is 0. The van der Waals surface area contributed by atoms with Crippen LogP contribution in [-0.4, -0.2) is 71.4 Å². The van der Waals surface area contributed by atoms with Gasteiger partial charge in [-0.05, 0) is 19.3 Å². The van der Waals surface area contributed by atoms with E-state index < -0.39 is 0 Å². The molecule has 2 fully saturated rings. The average Bonchev–Trinajstić information content (AvgIpc) is 3.23. The van der Waals surface area contributed by atoms with E-state index in [1.807, 2.05) is 35.2 Å². The van der Waals surface area contributed by atoms with Crippen molar-refractivity contribution in [3.63, 3.8) is 0 Å². The number of ether oxygens (including phenoxy) is 1. The van der Waals surface area contributed by atoms with E-state index in [9.17, 15) is 4.79 Å². The Labute approximate surface area is 164 Å². The first-order chi connectivity index (χ1) is 13.8. The standard InChI is InChI=1S/C20H27N5O3/c26-20(21-14-18-22-19(23-28-18)16-6-2-1-3-7-16)25-9-5-4-8-17(25)15-24-10-12-27-13-11-24/h1-3,6-7,17H,4-5,8-15H2,(H,21,26)/t17-/m1/s1. The Balaban J connectivity index is 1.32. The van der Waals surface area contributed by atoms with Crippen LogP contribution in [0.2, 0.25) is 0 Å². The molecule has 1 aromatic carbocycles. The zero-order valence-corrected chi connectivity index (χ0v) is 16.0. The molecule has 0 radical (unpaired) electrons. The SMILES string of the molecule is O=C(NCc1nc(-c2ccccc2)no1)N1CCCC[C@@H]1CN1CCOCC1. The van der Waals surface area contributed by atoms with Gasteiger partial charge >= 0.3 is 6.03 Å². The number of hydrogen-bond donors (Lipinski definition) is 1. The quantitative estimate of drug-likeness (QED) is 0.849. The number of nitrogens with one attached hydrogen (secondary N) is 1. The van der Waals surface area contributed by atoms with Crippen molar-refractivity contribution in [2.45, 2.75) is 31.8 Å². The van der Waals surface area contributed by atoms with Crippen LogP contribution in [0.3, 0.4) is 0 Å². The van der Waals surface area contributed by atoms with Crippen molar-refractivity contribution in [1.29, 1.82) is 0 Å². The van der Waals surface area contributed by atoms with Crippen molar-refractivity contribution in [3.8, 4) is 11.4 Å². The molecule has 0 spiro atoms. The largest absolute Gasteiger partial charge is 0.379 e. The molecule has 2 aliphatic heterocycles. The predicted molar refractivity (Wildman–Crippen MR) is 104 cm³/mol. The molecule has 1 atom stereocenters. The molecule has 8 nitrogen and oxygen atoms in total. The van der Waals surface area contributed by atoms with Crippen LogP contribution in [-0.2, 0) is 11.3 Å². The maximum atomic E-state index is 12.8. The topological polar surface area (TPSA) is 83.7 Å². The van der Waals surface area contributed by atoms with Crippen LogP contribution in [0.25, 0.3) is 11.4 Å². The molecule has 0 saturated carbocycles.